The molecule has 0 bridgehead atoms. The van der Waals surface area contributed by atoms with Gasteiger partial charge in [0.15, 0.2) is 11.5 Å². The molecule has 4 heteroatoms. The van der Waals surface area contributed by atoms with Crippen LogP contribution in [0.2, 0.25) is 0 Å². The highest BCUT2D eigenvalue weighted by molar-refractivity contribution is 9.10. The van der Waals surface area contributed by atoms with Crippen molar-refractivity contribution in [3.05, 3.63) is 22.2 Å². The van der Waals surface area contributed by atoms with E-state index in [4.69, 9.17) is 15.9 Å². The largest absolute Gasteiger partial charge is 0.454 e. The number of rotatable bonds is 6. The van der Waals surface area contributed by atoms with Crippen LogP contribution in [-0.2, 0) is 6.54 Å². The Hall–Kier alpha value is -1.18. The smallest absolute Gasteiger partial charge is 0.231 e. The lowest BCUT2D eigenvalue weighted by molar-refractivity contribution is 0.174. The highest BCUT2D eigenvalue weighted by Gasteiger charge is 2.15. The Bertz CT molecular complexity index is 454. The molecule has 1 N–H and O–H groups in total. The van der Waals surface area contributed by atoms with Crippen molar-refractivity contribution in [2.45, 2.75) is 25.8 Å². The summed E-state index contributed by atoms with van der Waals surface area (Å²) in [4.78, 5) is 0. The molecule has 0 atom stereocenters. The number of hydrogen-bond donors (Lipinski definition) is 1. The zero-order valence-corrected chi connectivity index (χ0v) is 11.8. The van der Waals surface area contributed by atoms with Gasteiger partial charge in [0.05, 0.1) is 0 Å². The lowest BCUT2D eigenvalue weighted by atomic mass is 10.2. The molecule has 1 aliphatic heterocycles. The van der Waals surface area contributed by atoms with Crippen LogP contribution < -0.4 is 14.8 Å². The van der Waals surface area contributed by atoms with E-state index in [1.807, 2.05) is 12.1 Å². The van der Waals surface area contributed by atoms with Crippen LogP contribution in [0.5, 0.6) is 11.5 Å². The number of ether oxygens (including phenoxy) is 2. The van der Waals surface area contributed by atoms with E-state index in [0.29, 0.717) is 6.79 Å². The standard InChI is InChI=1S/C14H16BrNO2/c1-2-3-4-5-6-16-9-11-7-13-14(8-12(11)15)18-10-17-13/h1,7-8,16H,3-6,9-10H2. The quantitative estimate of drug-likeness (QED) is 0.647. The number of fused-ring (bicyclic) bond motifs is 1. The Morgan fingerprint density at radius 2 is 2.06 bits per heavy atom. The third-order valence-corrected chi connectivity index (χ3v) is 3.52. The zero-order valence-electron chi connectivity index (χ0n) is 10.2. The number of benzene rings is 1. The average Bonchev–Trinajstić information content (AvgIpc) is 2.80. The molecule has 1 heterocycles. The van der Waals surface area contributed by atoms with Crippen molar-refractivity contribution in [3.8, 4) is 23.8 Å². The summed E-state index contributed by atoms with van der Waals surface area (Å²) in [5.41, 5.74) is 1.18. The van der Waals surface area contributed by atoms with Gasteiger partial charge in [-0.2, -0.15) is 0 Å². The molecule has 18 heavy (non-hydrogen) atoms. The highest BCUT2D eigenvalue weighted by Crippen LogP contribution is 2.36. The van der Waals surface area contributed by atoms with Crippen molar-refractivity contribution in [2.75, 3.05) is 13.3 Å². The van der Waals surface area contributed by atoms with Crippen LogP contribution in [0.4, 0.5) is 0 Å². The molecule has 0 fully saturated rings. The molecule has 96 valence electrons. The third kappa shape index (κ3) is 3.41. The minimum atomic E-state index is 0.310. The molecule has 2 rings (SSSR count). The molecule has 3 nitrogen and oxygen atoms in total. The molecule has 0 aliphatic carbocycles. The van der Waals surface area contributed by atoms with Crippen molar-refractivity contribution in [1.82, 2.24) is 5.32 Å². The van der Waals surface area contributed by atoms with E-state index in [9.17, 15) is 0 Å². The van der Waals surface area contributed by atoms with E-state index >= 15 is 0 Å². The van der Waals surface area contributed by atoms with Crippen LogP contribution in [0.25, 0.3) is 0 Å². The molecular formula is C14H16BrNO2. The van der Waals surface area contributed by atoms with Crippen LogP contribution in [-0.4, -0.2) is 13.3 Å². The fourth-order valence-electron chi connectivity index (χ4n) is 1.79. The summed E-state index contributed by atoms with van der Waals surface area (Å²) in [5, 5.41) is 3.40. The van der Waals surface area contributed by atoms with E-state index < -0.39 is 0 Å². The van der Waals surface area contributed by atoms with Crippen molar-refractivity contribution in [1.29, 1.82) is 0 Å². The van der Waals surface area contributed by atoms with Gasteiger partial charge >= 0.3 is 0 Å². The van der Waals surface area contributed by atoms with Crippen LogP contribution in [0.1, 0.15) is 24.8 Å². The van der Waals surface area contributed by atoms with Gasteiger partial charge in [-0.05, 0) is 37.1 Å². The first-order valence-corrected chi connectivity index (χ1v) is 6.83. The van der Waals surface area contributed by atoms with E-state index in [2.05, 4.69) is 27.2 Å². The van der Waals surface area contributed by atoms with Gasteiger partial charge < -0.3 is 14.8 Å². The number of hydrogen-bond acceptors (Lipinski definition) is 3. The predicted molar refractivity (Wildman–Crippen MR) is 74.7 cm³/mol. The van der Waals surface area contributed by atoms with Gasteiger partial charge in [0, 0.05) is 17.4 Å². The molecule has 1 aliphatic rings. The third-order valence-electron chi connectivity index (χ3n) is 2.78. The molecule has 0 spiro atoms. The molecule has 0 unspecified atom stereocenters. The summed E-state index contributed by atoms with van der Waals surface area (Å²) in [6, 6.07) is 3.97. The second kappa shape index (κ2) is 6.67. The van der Waals surface area contributed by atoms with E-state index in [1.54, 1.807) is 0 Å². The fraction of sp³-hybridized carbons (Fsp3) is 0.429. The summed E-state index contributed by atoms with van der Waals surface area (Å²) < 4.78 is 11.7. The summed E-state index contributed by atoms with van der Waals surface area (Å²) in [7, 11) is 0. The molecular weight excluding hydrogens is 294 g/mol. The maximum Gasteiger partial charge on any atom is 0.231 e. The first-order chi connectivity index (χ1) is 8.81. The zero-order chi connectivity index (χ0) is 12.8. The van der Waals surface area contributed by atoms with Crippen molar-refractivity contribution >= 4 is 15.9 Å². The topological polar surface area (TPSA) is 30.5 Å². The Morgan fingerprint density at radius 1 is 1.28 bits per heavy atom. The molecule has 0 amide bonds. The van der Waals surface area contributed by atoms with Crippen LogP contribution in [0.15, 0.2) is 16.6 Å². The SMILES string of the molecule is C#CCCCCNCc1cc2c(cc1Br)OCO2. The van der Waals surface area contributed by atoms with Crippen molar-refractivity contribution in [3.63, 3.8) is 0 Å². The van der Waals surface area contributed by atoms with Gasteiger partial charge in [0.1, 0.15) is 0 Å². The molecule has 0 aromatic heterocycles. The lowest BCUT2D eigenvalue weighted by Gasteiger charge is -2.08. The van der Waals surface area contributed by atoms with E-state index in [-0.39, 0.29) is 0 Å². The number of halogens is 1. The van der Waals surface area contributed by atoms with Gasteiger partial charge in [0.25, 0.3) is 0 Å². The van der Waals surface area contributed by atoms with Gasteiger partial charge in [-0.3, -0.25) is 0 Å². The van der Waals surface area contributed by atoms with Crippen molar-refractivity contribution < 1.29 is 9.47 Å². The Kier molecular flexibility index (Phi) is 4.91. The van der Waals surface area contributed by atoms with Crippen LogP contribution in [0.3, 0.4) is 0 Å². The highest BCUT2D eigenvalue weighted by atomic mass is 79.9. The number of nitrogens with one attached hydrogen (secondary N) is 1. The molecule has 1 aromatic carbocycles. The maximum atomic E-state index is 5.36. The first kappa shape index (κ1) is 13.3. The van der Waals surface area contributed by atoms with Crippen LogP contribution in [0, 0.1) is 12.3 Å². The second-order valence-electron chi connectivity index (χ2n) is 4.13. The normalized spacial score (nSPS) is 12.4. The maximum absolute atomic E-state index is 5.36. The fourth-order valence-corrected chi connectivity index (χ4v) is 2.26. The number of unbranched alkanes of at least 4 members (excludes halogenated alkanes) is 2. The predicted octanol–water partition coefficient (Wildman–Crippen LogP) is 3.07. The Balaban J connectivity index is 1.81. The summed E-state index contributed by atoms with van der Waals surface area (Å²) in [6.07, 6.45) is 8.24. The summed E-state index contributed by atoms with van der Waals surface area (Å²) >= 11 is 3.54. The van der Waals surface area contributed by atoms with Crippen LogP contribution >= 0.6 is 15.9 Å². The summed E-state index contributed by atoms with van der Waals surface area (Å²) in [5.74, 6) is 4.27. The van der Waals surface area contributed by atoms with Gasteiger partial charge in [-0.1, -0.05) is 15.9 Å². The summed E-state index contributed by atoms with van der Waals surface area (Å²) in [6.45, 7) is 2.10. The molecule has 1 aromatic rings. The van der Waals surface area contributed by atoms with Gasteiger partial charge in [-0.15, -0.1) is 12.3 Å². The Morgan fingerprint density at radius 3 is 2.83 bits per heavy atom. The Labute approximate surface area is 116 Å². The molecule has 0 saturated carbocycles. The average molecular weight is 310 g/mol. The van der Waals surface area contributed by atoms with E-state index in [1.165, 1.54) is 5.56 Å². The second-order valence-corrected chi connectivity index (χ2v) is 4.99. The van der Waals surface area contributed by atoms with Gasteiger partial charge in [0.2, 0.25) is 6.79 Å². The van der Waals surface area contributed by atoms with E-state index in [0.717, 1.165) is 48.3 Å². The minimum absolute atomic E-state index is 0.310. The lowest BCUT2D eigenvalue weighted by Crippen LogP contribution is -2.14. The first-order valence-electron chi connectivity index (χ1n) is 6.03. The monoisotopic (exact) mass is 309 g/mol. The van der Waals surface area contributed by atoms with Crippen molar-refractivity contribution in [2.24, 2.45) is 0 Å². The molecule has 0 saturated heterocycles. The molecule has 0 radical (unpaired) electrons. The number of terminal acetylenes is 1. The minimum Gasteiger partial charge on any atom is -0.454 e. The van der Waals surface area contributed by atoms with Gasteiger partial charge in [-0.25, -0.2) is 0 Å².